The molecular weight excluding hydrogens is 374 g/mol. The first kappa shape index (κ1) is 19.1. The van der Waals surface area contributed by atoms with E-state index in [2.05, 4.69) is 15.3 Å². The number of likely N-dealkylation sites (tertiary alicyclic amines) is 1. The lowest BCUT2D eigenvalue weighted by atomic mass is 9.78. The van der Waals surface area contributed by atoms with Crippen molar-refractivity contribution in [3.8, 4) is 0 Å². The standard InChI is InChI=1S/C20H23N5O4/c1-11-6-15(23-20(29)22-11)19(28)24-9-13-7-14(10-24)17(8-21-12(2)26)25-16(13)4-3-5-18(25)27/h3-6,13-14,17H,7-10H2,1-2H3,(H,21,26)(H,22,23,29)/t13-,14+,17+/m1/s1. The Morgan fingerprint density at radius 2 is 2.07 bits per heavy atom. The van der Waals surface area contributed by atoms with Gasteiger partial charge >= 0.3 is 5.69 Å². The summed E-state index contributed by atoms with van der Waals surface area (Å²) in [6.07, 6.45) is 0.833. The molecule has 152 valence electrons. The molecule has 4 heterocycles. The van der Waals surface area contributed by atoms with E-state index < -0.39 is 5.69 Å². The third kappa shape index (κ3) is 3.59. The van der Waals surface area contributed by atoms with Gasteiger partial charge in [-0.25, -0.2) is 4.79 Å². The Kier molecular flexibility index (Phi) is 4.81. The normalized spacial score (nSPS) is 22.7. The van der Waals surface area contributed by atoms with Crippen LogP contribution in [0.25, 0.3) is 0 Å². The highest BCUT2D eigenvalue weighted by Gasteiger charge is 2.42. The maximum Gasteiger partial charge on any atom is 0.345 e. The molecule has 0 spiro atoms. The van der Waals surface area contributed by atoms with Crippen LogP contribution in [-0.2, 0) is 4.79 Å². The zero-order valence-electron chi connectivity index (χ0n) is 16.3. The van der Waals surface area contributed by atoms with Gasteiger partial charge in [0, 0.05) is 49.9 Å². The van der Waals surface area contributed by atoms with E-state index in [1.165, 1.54) is 13.0 Å². The summed E-state index contributed by atoms with van der Waals surface area (Å²) in [7, 11) is 0. The molecule has 9 nitrogen and oxygen atoms in total. The molecule has 2 aliphatic rings. The molecule has 2 aromatic heterocycles. The molecule has 9 heteroatoms. The number of pyridine rings is 1. The van der Waals surface area contributed by atoms with E-state index in [0.29, 0.717) is 25.3 Å². The molecule has 2 aromatic rings. The molecule has 2 bridgehead atoms. The molecule has 2 aliphatic heterocycles. The third-order valence-electron chi connectivity index (χ3n) is 5.74. The Labute approximate surface area is 166 Å². The smallest absolute Gasteiger partial charge is 0.345 e. The number of piperidine rings is 1. The average molecular weight is 397 g/mol. The van der Waals surface area contributed by atoms with Gasteiger partial charge in [-0.15, -0.1) is 0 Å². The second-order valence-electron chi connectivity index (χ2n) is 7.82. The van der Waals surface area contributed by atoms with Crippen molar-refractivity contribution in [1.29, 1.82) is 0 Å². The molecule has 1 saturated heterocycles. The minimum atomic E-state index is -0.550. The van der Waals surface area contributed by atoms with Crippen molar-refractivity contribution in [1.82, 2.24) is 24.8 Å². The van der Waals surface area contributed by atoms with Crippen molar-refractivity contribution in [3.63, 3.8) is 0 Å². The molecule has 1 fully saturated rings. The van der Waals surface area contributed by atoms with E-state index in [0.717, 1.165) is 12.1 Å². The number of aromatic amines is 1. The van der Waals surface area contributed by atoms with Crippen LogP contribution < -0.4 is 16.6 Å². The van der Waals surface area contributed by atoms with Gasteiger partial charge in [0.05, 0.1) is 6.04 Å². The Morgan fingerprint density at radius 3 is 2.79 bits per heavy atom. The summed E-state index contributed by atoms with van der Waals surface area (Å²) in [5, 5.41) is 2.82. The minimum Gasteiger partial charge on any atom is -0.354 e. The summed E-state index contributed by atoms with van der Waals surface area (Å²) < 4.78 is 1.77. The van der Waals surface area contributed by atoms with Crippen LogP contribution in [0.4, 0.5) is 0 Å². The maximum atomic E-state index is 13.1. The van der Waals surface area contributed by atoms with Crippen LogP contribution in [0.5, 0.6) is 0 Å². The summed E-state index contributed by atoms with van der Waals surface area (Å²) in [6.45, 7) is 4.37. The van der Waals surface area contributed by atoms with Crippen molar-refractivity contribution in [3.05, 3.63) is 62.2 Å². The minimum absolute atomic E-state index is 0.0141. The van der Waals surface area contributed by atoms with Gasteiger partial charge in [0.1, 0.15) is 5.69 Å². The predicted octanol–water partition coefficient (Wildman–Crippen LogP) is 0.177. The molecule has 4 rings (SSSR count). The Morgan fingerprint density at radius 1 is 1.28 bits per heavy atom. The maximum absolute atomic E-state index is 13.1. The molecule has 29 heavy (non-hydrogen) atoms. The number of fused-ring (bicyclic) bond motifs is 4. The molecular formula is C20H23N5O4. The number of carbonyl (C=O) groups excluding carboxylic acids is 2. The second-order valence-corrected chi connectivity index (χ2v) is 7.82. The van der Waals surface area contributed by atoms with Crippen molar-refractivity contribution < 1.29 is 9.59 Å². The van der Waals surface area contributed by atoms with E-state index in [-0.39, 0.29) is 40.9 Å². The molecule has 2 N–H and O–H groups in total. The molecule has 0 saturated carbocycles. The molecule has 0 radical (unpaired) electrons. The summed E-state index contributed by atoms with van der Waals surface area (Å²) in [6, 6.07) is 6.50. The van der Waals surface area contributed by atoms with Gasteiger partial charge in [0.2, 0.25) is 5.91 Å². The number of hydrogen-bond donors (Lipinski definition) is 2. The monoisotopic (exact) mass is 397 g/mol. The number of carbonyl (C=O) groups is 2. The van der Waals surface area contributed by atoms with E-state index >= 15 is 0 Å². The topological polar surface area (TPSA) is 117 Å². The highest BCUT2D eigenvalue weighted by atomic mass is 16.2. The first-order valence-electron chi connectivity index (χ1n) is 9.66. The lowest BCUT2D eigenvalue weighted by Gasteiger charge is -2.46. The lowest BCUT2D eigenvalue weighted by Crippen LogP contribution is -2.53. The van der Waals surface area contributed by atoms with Crippen molar-refractivity contribution >= 4 is 11.8 Å². The highest BCUT2D eigenvalue weighted by molar-refractivity contribution is 5.92. The van der Waals surface area contributed by atoms with Crippen LogP contribution in [0.2, 0.25) is 0 Å². The fourth-order valence-corrected chi connectivity index (χ4v) is 4.57. The largest absolute Gasteiger partial charge is 0.354 e. The molecule has 0 aliphatic carbocycles. The molecule has 2 amide bonds. The van der Waals surface area contributed by atoms with Gasteiger partial charge in [0.25, 0.3) is 11.5 Å². The van der Waals surface area contributed by atoms with Crippen LogP contribution >= 0.6 is 0 Å². The third-order valence-corrected chi connectivity index (χ3v) is 5.74. The van der Waals surface area contributed by atoms with Crippen LogP contribution in [0.1, 0.15) is 47.2 Å². The number of rotatable bonds is 3. The van der Waals surface area contributed by atoms with Crippen molar-refractivity contribution in [2.75, 3.05) is 19.6 Å². The summed E-state index contributed by atoms with van der Waals surface area (Å²) >= 11 is 0. The average Bonchev–Trinajstić information content (AvgIpc) is 2.66. The van der Waals surface area contributed by atoms with Gasteiger partial charge in [-0.2, -0.15) is 4.98 Å². The van der Waals surface area contributed by atoms with Gasteiger partial charge in [-0.05, 0) is 31.4 Å². The fourth-order valence-electron chi connectivity index (χ4n) is 4.57. The van der Waals surface area contributed by atoms with Gasteiger partial charge in [0.15, 0.2) is 0 Å². The first-order valence-corrected chi connectivity index (χ1v) is 9.66. The quantitative estimate of drug-likeness (QED) is 0.766. The SMILES string of the molecule is CC(=O)NC[C@H]1[C@H]2C[C@H](CN(C(=O)c3cc(C)[nH]c(=O)n3)C2)c2cccc(=O)n21. The summed E-state index contributed by atoms with van der Waals surface area (Å²) in [4.78, 5) is 56.9. The number of aromatic nitrogens is 3. The second kappa shape index (κ2) is 7.31. The van der Waals surface area contributed by atoms with Gasteiger partial charge < -0.3 is 19.8 Å². The van der Waals surface area contributed by atoms with E-state index in [1.54, 1.807) is 28.5 Å². The molecule has 0 aromatic carbocycles. The van der Waals surface area contributed by atoms with E-state index in [4.69, 9.17) is 0 Å². The van der Waals surface area contributed by atoms with Crippen LogP contribution in [-0.4, -0.2) is 50.9 Å². The summed E-state index contributed by atoms with van der Waals surface area (Å²) in [5.74, 6) is -0.424. The van der Waals surface area contributed by atoms with Crippen molar-refractivity contribution in [2.45, 2.75) is 32.2 Å². The highest BCUT2D eigenvalue weighted by Crippen LogP contribution is 2.41. The Hall–Kier alpha value is -3.23. The number of amides is 2. The number of nitrogens with zero attached hydrogens (tertiary/aromatic N) is 3. The fraction of sp³-hybridized carbons (Fsp3) is 0.450. The number of aryl methyl sites for hydroxylation is 1. The van der Waals surface area contributed by atoms with Crippen LogP contribution in [0.3, 0.4) is 0 Å². The zero-order chi connectivity index (χ0) is 20.7. The number of H-pyrrole nitrogens is 1. The van der Waals surface area contributed by atoms with Crippen molar-refractivity contribution in [2.24, 2.45) is 5.92 Å². The number of hydrogen-bond acceptors (Lipinski definition) is 5. The Bertz CT molecular complexity index is 1090. The van der Waals surface area contributed by atoms with E-state index in [1.807, 2.05) is 6.07 Å². The molecule has 0 unspecified atom stereocenters. The first-order chi connectivity index (χ1) is 13.8. The Balaban J connectivity index is 1.69. The predicted molar refractivity (Wildman–Crippen MR) is 105 cm³/mol. The number of nitrogens with one attached hydrogen (secondary N) is 2. The summed E-state index contributed by atoms with van der Waals surface area (Å²) in [5.41, 5.74) is 0.919. The zero-order valence-corrected chi connectivity index (χ0v) is 16.3. The molecule has 3 atom stereocenters. The lowest BCUT2D eigenvalue weighted by molar-refractivity contribution is -0.119. The van der Waals surface area contributed by atoms with Crippen LogP contribution in [0, 0.1) is 12.8 Å². The van der Waals surface area contributed by atoms with E-state index in [9.17, 15) is 19.2 Å². The van der Waals surface area contributed by atoms with Crippen LogP contribution in [0.15, 0.2) is 33.9 Å². The van der Waals surface area contributed by atoms with Gasteiger partial charge in [-0.1, -0.05) is 6.07 Å². The van der Waals surface area contributed by atoms with Gasteiger partial charge in [-0.3, -0.25) is 14.4 Å².